The largest absolute Gasteiger partial charge is 0.463 e. The number of rotatable bonds is 4. The third-order valence-electron chi connectivity index (χ3n) is 4.49. The van der Waals surface area contributed by atoms with Crippen LogP contribution in [0.2, 0.25) is 0 Å². The molecule has 0 bridgehead atoms. The number of carbonyl (C=O) groups is 2. The number of nitro groups is 1. The molecule has 2 aliphatic rings. The second kappa shape index (κ2) is 7.50. The molecule has 0 aromatic heterocycles. The highest BCUT2D eigenvalue weighted by molar-refractivity contribution is 5.93. The molecule has 0 radical (unpaired) electrons. The van der Waals surface area contributed by atoms with Crippen LogP contribution in [0.15, 0.2) is 18.2 Å². The van der Waals surface area contributed by atoms with Crippen LogP contribution >= 0.6 is 0 Å². The van der Waals surface area contributed by atoms with Gasteiger partial charge in [0.2, 0.25) is 6.10 Å². The zero-order valence-electron chi connectivity index (χ0n) is 13.8. The number of nitrogens with zero attached hydrogens (tertiary/aromatic N) is 2. The monoisotopic (exact) mass is 348 g/mol. The summed E-state index contributed by atoms with van der Waals surface area (Å²) in [5.74, 6) is -1.33. The number of ether oxygens (including phenoxy) is 2. The van der Waals surface area contributed by atoms with E-state index >= 15 is 0 Å². The lowest BCUT2D eigenvalue weighted by atomic mass is 10.1. The Balaban J connectivity index is 1.81. The fraction of sp³-hybridized carbons (Fsp3) is 0.529. The molecular weight excluding hydrogens is 328 g/mol. The van der Waals surface area contributed by atoms with Crippen molar-refractivity contribution in [1.29, 1.82) is 0 Å². The van der Waals surface area contributed by atoms with Crippen molar-refractivity contribution in [3.05, 3.63) is 33.9 Å². The van der Waals surface area contributed by atoms with E-state index in [0.29, 0.717) is 12.1 Å². The third kappa shape index (κ3) is 3.89. The van der Waals surface area contributed by atoms with Crippen LogP contribution in [0.25, 0.3) is 0 Å². The number of hydrogen-bond donors (Lipinski definition) is 0. The Bertz CT molecular complexity index is 682. The minimum atomic E-state index is -0.933. The van der Waals surface area contributed by atoms with Crippen molar-refractivity contribution in [3.63, 3.8) is 0 Å². The fourth-order valence-electron chi connectivity index (χ4n) is 3.16. The highest BCUT2D eigenvalue weighted by atomic mass is 16.6. The molecule has 134 valence electrons. The summed E-state index contributed by atoms with van der Waals surface area (Å²) in [5, 5.41) is 11.5. The van der Waals surface area contributed by atoms with Gasteiger partial charge in [-0.15, -0.1) is 0 Å². The van der Waals surface area contributed by atoms with Crippen LogP contribution in [0.5, 0.6) is 0 Å². The van der Waals surface area contributed by atoms with Crippen molar-refractivity contribution in [1.82, 2.24) is 0 Å². The number of cyclic esters (lactones) is 1. The van der Waals surface area contributed by atoms with E-state index in [0.717, 1.165) is 38.8 Å². The van der Waals surface area contributed by atoms with Crippen LogP contribution in [0.3, 0.4) is 0 Å². The lowest BCUT2D eigenvalue weighted by Gasteiger charge is -2.22. The highest BCUT2D eigenvalue weighted by Gasteiger charge is 2.31. The number of hydrogen-bond acceptors (Lipinski definition) is 7. The Hall–Kier alpha value is -2.64. The molecule has 25 heavy (non-hydrogen) atoms. The Labute approximate surface area is 144 Å². The average molecular weight is 348 g/mol. The summed E-state index contributed by atoms with van der Waals surface area (Å²) in [4.78, 5) is 36.6. The smallest absolute Gasteiger partial charge is 0.347 e. The third-order valence-corrected chi connectivity index (χ3v) is 4.49. The second-order valence-electron chi connectivity index (χ2n) is 6.21. The van der Waals surface area contributed by atoms with Gasteiger partial charge in [-0.05, 0) is 25.0 Å². The van der Waals surface area contributed by atoms with Crippen molar-refractivity contribution in [3.8, 4) is 0 Å². The van der Waals surface area contributed by atoms with Crippen LogP contribution in [-0.4, -0.2) is 42.7 Å². The molecule has 1 aromatic rings. The van der Waals surface area contributed by atoms with Crippen LogP contribution in [-0.2, 0) is 14.3 Å². The maximum absolute atomic E-state index is 12.2. The first kappa shape index (κ1) is 17.2. The van der Waals surface area contributed by atoms with E-state index in [9.17, 15) is 19.7 Å². The van der Waals surface area contributed by atoms with E-state index in [-0.39, 0.29) is 17.9 Å². The molecule has 1 atom stereocenters. The quantitative estimate of drug-likeness (QED) is 0.468. The fourth-order valence-corrected chi connectivity index (χ4v) is 3.16. The van der Waals surface area contributed by atoms with Gasteiger partial charge >= 0.3 is 11.9 Å². The molecule has 0 spiro atoms. The van der Waals surface area contributed by atoms with Crippen molar-refractivity contribution in [2.45, 2.75) is 38.2 Å². The molecule has 2 saturated heterocycles. The lowest BCUT2D eigenvalue weighted by Crippen LogP contribution is -2.25. The van der Waals surface area contributed by atoms with Gasteiger partial charge in [-0.2, -0.15) is 0 Å². The standard InChI is InChI=1S/C17H20N2O6/c20-16(25-15-7-10-24-17(15)21)12-5-6-13(14(11-12)19(22)23)18-8-3-1-2-4-9-18/h5-6,11,15H,1-4,7-10H2/t15-/m0/s1. The van der Waals surface area contributed by atoms with E-state index in [2.05, 4.69) is 0 Å². The van der Waals surface area contributed by atoms with Gasteiger partial charge in [-0.3, -0.25) is 10.1 Å². The summed E-state index contributed by atoms with van der Waals surface area (Å²) in [5.41, 5.74) is 0.457. The van der Waals surface area contributed by atoms with Crippen LogP contribution in [0, 0.1) is 10.1 Å². The molecule has 3 rings (SSSR count). The Morgan fingerprint density at radius 1 is 1.24 bits per heavy atom. The van der Waals surface area contributed by atoms with E-state index in [4.69, 9.17) is 9.47 Å². The van der Waals surface area contributed by atoms with Gasteiger partial charge < -0.3 is 14.4 Å². The van der Waals surface area contributed by atoms with Crippen LogP contribution < -0.4 is 4.90 Å². The van der Waals surface area contributed by atoms with Crippen molar-refractivity contribution >= 4 is 23.3 Å². The number of nitro benzene ring substituents is 1. The summed E-state index contributed by atoms with van der Waals surface area (Å²) >= 11 is 0. The SMILES string of the molecule is O=C(O[C@H]1CCOC1=O)c1ccc(N2CCCCCC2)c([N+](=O)[O-])c1. The Morgan fingerprint density at radius 2 is 1.96 bits per heavy atom. The molecule has 2 heterocycles. The van der Waals surface area contributed by atoms with Gasteiger partial charge in [-0.25, -0.2) is 9.59 Å². The summed E-state index contributed by atoms with van der Waals surface area (Å²) in [7, 11) is 0. The second-order valence-corrected chi connectivity index (χ2v) is 6.21. The topological polar surface area (TPSA) is 99.0 Å². The molecule has 2 fully saturated rings. The zero-order chi connectivity index (χ0) is 17.8. The number of anilines is 1. The molecule has 1 aromatic carbocycles. The maximum atomic E-state index is 12.2. The van der Waals surface area contributed by atoms with Gasteiger partial charge in [-0.1, -0.05) is 12.8 Å². The van der Waals surface area contributed by atoms with E-state index in [1.807, 2.05) is 4.90 Å². The summed E-state index contributed by atoms with van der Waals surface area (Å²) in [6, 6.07) is 4.33. The minimum absolute atomic E-state index is 0.0602. The molecule has 0 unspecified atom stereocenters. The molecular formula is C17H20N2O6. The predicted molar refractivity (Wildman–Crippen MR) is 88.6 cm³/mol. The van der Waals surface area contributed by atoms with E-state index < -0.39 is 23.0 Å². The molecule has 0 amide bonds. The molecule has 0 saturated carbocycles. The summed E-state index contributed by atoms with van der Waals surface area (Å²) in [6.07, 6.45) is 3.59. The van der Waals surface area contributed by atoms with E-state index in [1.54, 1.807) is 6.07 Å². The predicted octanol–water partition coefficient (Wildman–Crippen LogP) is 2.45. The molecule has 8 heteroatoms. The van der Waals surface area contributed by atoms with Crippen LogP contribution in [0.4, 0.5) is 11.4 Å². The van der Waals surface area contributed by atoms with Gasteiger partial charge in [0.1, 0.15) is 5.69 Å². The van der Waals surface area contributed by atoms with Crippen LogP contribution in [0.1, 0.15) is 42.5 Å². The number of esters is 2. The van der Waals surface area contributed by atoms with Crippen molar-refractivity contribution in [2.24, 2.45) is 0 Å². The van der Waals surface area contributed by atoms with Gasteiger partial charge in [0.05, 0.1) is 17.1 Å². The molecule has 8 nitrogen and oxygen atoms in total. The van der Waals surface area contributed by atoms with Crippen molar-refractivity contribution < 1.29 is 24.0 Å². The molecule has 0 N–H and O–H groups in total. The maximum Gasteiger partial charge on any atom is 0.347 e. The molecule has 0 aliphatic carbocycles. The van der Waals surface area contributed by atoms with E-state index in [1.165, 1.54) is 12.1 Å². The van der Waals surface area contributed by atoms with Crippen molar-refractivity contribution in [2.75, 3.05) is 24.6 Å². The van der Waals surface area contributed by atoms with Gasteiger partial charge in [0.15, 0.2) is 0 Å². The Morgan fingerprint density at radius 3 is 2.56 bits per heavy atom. The first-order valence-electron chi connectivity index (χ1n) is 8.47. The number of carbonyl (C=O) groups excluding carboxylic acids is 2. The summed E-state index contributed by atoms with van der Waals surface area (Å²) in [6.45, 7) is 1.74. The summed E-state index contributed by atoms with van der Waals surface area (Å²) < 4.78 is 9.84. The first-order valence-corrected chi connectivity index (χ1v) is 8.47. The Kier molecular flexibility index (Phi) is 5.16. The zero-order valence-corrected chi connectivity index (χ0v) is 13.8. The lowest BCUT2D eigenvalue weighted by molar-refractivity contribution is -0.384. The minimum Gasteiger partial charge on any atom is -0.463 e. The van der Waals surface area contributed by atoms with Gasteiger partial charge in [0.25, 0.3) is 5.69 Å². The first-order chi connectivity index (χ1) is 12.1. The number of benzene rings is 1. The normalized spacial score (nSPS) is 20.7. The van der Waals surface area contributed by atoms with Gasteiger partial charge in [0, 0.05) is 25.6 Å². The molecule has 2 aliphatic heterocycles. The highest BCUT2D eigenvalue weighted by Crippen LogP contribution is 2.31. The average Bonchev–Trinajstić information content (AvgIpc) is 2.85.